The maximum absolute atomic E-state index is 12.4. The smallest absolute Gasteiger partial charge is 0.261 e. The average molecular weight is 399 g/mol. The summed E-state index contributed by atoms with van der Waals surface area (Å²) in [5.41, 5.74) is 2.19. The van der Waals surface area contributed by atoms with Gasteiger partial charge in [0.25, 0.3) is 5.91 Å². The van der Waals surface area contributed by atoms with E-state index in [2.05, 4.69) is 15.5 Å². The second-order valence-electron chi connectivity index (χ2n) is 5.61. The maximum atomic E-state index is 12.4. The number of nitrogens with zero attached hydrogens (tertiary/aromatic N) is 2. The van der Waals surface area contributed by atoms with Gasteiger partial charge in [-0.15, -0.1) is 10.2 Å². The van der Waals surface area contributed by atoms with Crippen molar-refractivity contribution in [3.63, 3.8) is 0 Å². The van der Waals surface area contributed by atoms with E-state index in [1.165, 1.54) is 30.2 Å². The van der Waals surface area contributed by atoms with Crippen molar-refractivity contribution in [1.82, 2.24) is 10.2 Å². The number of benzene rings is 2. The van der Waals surface area contributed by atoms with Crippen LogP contribution in [0.4, 0.5) is 5.13 Å². The number of aryl methyl sites for hydroxylation is 1. The number of aromatic nitrogens is 2. The van der Waals surface area contributed by atoms with E-state index in [1.54, 1.807) is 24.3 Å². The number of rotatable bonds is 7. The Bertz CT molecular complexity index is 955. The molecule has 0 aliphatic carbocycles. The van der Waals surface area contributed by atoms with Crippen molar-refractivity contribution in [3.05, 3.63) is 65.2 Å². The van der Waals surface area contributed by atoms with E-state index in [-0.39, 0.29) is 17.4 Å². The molecule has 2 aromatic carbocycles. The van der Waals surface area contributed by atoms with Gasteiger partial charge in [-0.05, 0) is 19.1 Å². The molecule has 1 amide bonds. The summed E-state index contributed by atoms with van der Waals surface area (Å²) in [4.78, 5) is 24.6. The predicted octanol–water partition coefficient (Wildman–Crippen LogP) is 4.08. The molecule has 1 heterocycles. The second-order valence-corrected chi connectivity index (χ2v) is 7.81. The first-order valence-electron chi connectivity index (χ1n) is 8.07. The minimum atomic E-state index is -0.323. The molecule has 0 aliphatic heterocycles. The summed E-state index contributed by atoms with van der Waals surface area (Å²) in [6.45, 7) is 1.98. The molecule has 0 saturated heterocycles. The third-order valence-corrected chi connectivity index (χ3v) is 5.65. The molecular formula is C19H17N3O3S2. The van der Waals surface area contributed by atoms with E-state index in [4.69, 9.17) is 4.74 Å². The highest BCUT2D eigenvalue weighted by atomic mass is 32.2. The zero-order valence-electron chi connectivity index (χ0n) is 14.8. The molecule has 3 rings (SSSR count). The van der Waals surface area contributed by atoms with Crippen LogP contribution in [0.2, 0.25) is 0 Å². The Morgan fingerprint density at radius 1 is 1.11 bits per heavy atom. The third-order valence-electron chi connectivity index (χ3n) is 3.68. The minimum Gasteiger partial charge on any atom is -0.496 e. The number of ether oxygens (including phenoxy) is 1. The van der Waals surface area contributed by atoms with Crippen LogP contribution in [0, 0.1) is 6.92 Å². The maximum Gasteiger partial charge on any atom is 0.261 e. The topological polar surface area (TPSA) is 81.2 Å². The molecule has 0 saturated carbocycles. The Labute approximate surface area is 165 Å². The van der Waals surface area contributed by atoms with Gasteiger partial charge in [0, 0.05) is 5.56 Å². The van der Waals surface area contributed by atoms with E-state index < -0.39 is 0 Å². The van der Waals surface area contributed by atoms with Crippen LogP contribution in [0.5, 0.6) is 5.75 Å². The monoisotopic (exact) mass is 399 g/mol. The van der Waals surface area contributed by atoms with Gasteiger partial charge in [0.05, 0.1) is 18.4 Å². The molecule has 0 unspecified atom stereocenters. The Morgan fingerprint density at radius 2 is 1.85 bits per heavy atom. The summed E-state index contributed by atoms with van der Waals surface area (Å²) in [5, 5.41) is 11.1. The highest BCUT2D eigenvalue weighted by Gasteiger charge is 2.15. The lowest BCUT2D eigenvalue weighted by atomic mass is 10.1. The Balaban J connectivity index is 1.59. The van der Waals surface area contributed by atoms with Gasteiger partial charge in [0.1, 0.15) is 5.75 Å². The number of ketones is 1. The number of carbonyl (C=O) groups excluding carboxylic acids is 2. The SMILES string of the molecule is COc1ccccc1C(=O)Nc1nnc(SCC(=O)c2ccc(C)cc2)s1. The molecule has 0 bridgehead atoms. The molecular weight excluding hydrogens is 382 g/mol. The van der Waals surface area contributed by atoms with Gasteiger partial charge in [0.15, 0.2) is 10.1 Å². The fourth-order valence-electron chi connectivity index (χ4n) is 2.27. The molecule has 8 heteroatoms. The van der Waals surface area contributed by atoms with Gasteiger partial charge in [-0.3, -0.25) is 14.9 Å². The fourth-order valence-corrected chi connectivity index (χ4v) is 3.91. The van der Waals surface area contributed by atoms with E-state index in [1.807, 2.05) is 31.2 Å². The molecule has 3 aromatic rings. The fraction of sp³-hybridized carbons (Fsp3) is 0.158. The first-order valence-corrected chi connectivity index (χ1v) is 9.87. The van der Waals surface area contributed by atoms with Crippen LogP contribution in [0.3, 0.4) is 0 Å². The molecule has 0 atom stereocenters. The summed E-state index contributed by atoms with van der Waals surface area (Å²) in [5.74, 6) is 0.446. The molecule has 27 heavy (non-hydrogen) atoms. The van der Waals surface area contributed by atoms with Crippen molar-refractivity contribution in [2.45, 2.75) is 11.3 Å². The summed E-state index contributed by atoms with van der Waals surface area (Å²) in [6.07, 6.45) is 0. The van der Waals surface area contributed by atoms with Gasteiger partial charge in [-0.1, -0.05) is 65.1 Å². The van der Waals surface area contributed by atoms with Gasteiger partial charge >= 0.3 is 0 Å². The number of methoxy groups -OCH3 is 1. The van der Waals surface area contributed by atoms with Crippen molar-refractivity contribution in [2.24, 2.45) is 0 Å². The molecule has 0 aliphatic rings. The lowest BCUT2D eigenvalue weighted by Gasteiger charge is -2.06. The van der Waals surface area contributed by atoms with Crippen molar-refractivity contribution < 1.29 is 14.3 Å². The van der Waals surface area contributed by atoms with E-state index in [9.17, 15) is 9.59 Å². The summed E-state index contributed by atoms with van der Waals surface area (Å²) < 4.78 is 5.81. The Morgan fingerprint density at radius 3 is 2.59 bits per heavy atom. The van der Waals surface area contributed by atoms with Gasteiger partial charge in [-0.25, -0.2) is 0 Å². The van der Waals surface area contributed by atoms with Crippen LogP contribution < -0.4 is 10.1 Å². The number of carbonyl (C=O) groups is 2. The molecule has 1 N–H and O–H groups in total. The molecule has 138 valence electrons. The van der Waals surface area contributed by atoms with Crippen LogP contribution in [0.25, 0.3) is 0 Å². The average Bonchev–Trinajstić information content (AvgIpc) is 3.13. The molecule has 0 radical (unpaired) electrons. The van der Waals surface area contributed by atoms with Crippen LogP contribution in [0.1, 0.15) is 26.3 Å². The largest absolute Gasteiger partial charge is 0.496 e. The van der Waals surface area contributed by atoms with E-state index >= 15 is 0 Å². The van der Waals surface area contributed by atoms with E-state index in [0.29, 0.717) is 26.3 Å². The number of hydrogen-bond acceptors (Lipinski definition) is 7. The number of amides is 1. The minimum absolute atomic E-state index is 0.0230. The summed E-state index contributed by atoms with van der Waals surface area (Å²) >= 11 is 2.52. The number of thioether (sulfide) groups is 1. The highest BCUT2D eigenvalue weighted by molar-refractivity contribution is 8.01. The van der Waals surface area contributed by atoms with Crippen LogP contribution in [-0.2, 0) is 0 Å². The molecule has 0 spiro atoms. The highest BCUT2D eigenvalue weighted by Crippen LogP contribution is 2.27. The van der Waals surface area contributed by atoms with E-state index in [0.717, 1.165) is 5.56 Å². The Kier molecular flexibility index (Phi) is 6.20. The predicted molar refractivity (Wildman–Crippen MR) is 107 cm³/mol. The molecule has 1 aromatic heterocycles. The molecule has 6 nitrogen and oxygen atoms in total. The number of nitrogens with one attached hydrogen (secondary N) is 1. The van der Waals surface area contributed by atoms with Crippen LogP contribution in [-0.4, -0.2) is 34.8 Å². The zero-order valence-corrected chi connectivity index (χ0v) is 16.4. The lowest BCUT2D eigenvalue weighted by Crippen LogP contribution is -2.12. The first-order chi connectivity index (χ1) is 13.1. The normalized spacial score (nSPS) is 10.4. The van der Waals surface area contributed by atoms with Gasteiger partial charge < -0.3 is 4.74 Å². The first kappa shape index (κ1) is 19.1. The quantitative estimate of drug-likeness (QED) is 0.366. The van der Waals surface area contributed by atoms with Gasteiger partial charge in [0.2, 0.25) is 5.13 Å². The summed E-state index contributed by atoms with van der Waals surface area (Å²) in [6, 6.07) is 14.4. The third kappa shape index (κ3) is 4.93. The summed E-state index contributed by atoms with van der Waals surface area (Å²) in [7, 11) is 1.51. The zero-order chi connectivity index (χ0) is 19.2. The van der Waals surface area contributed by atoms with Crippen molar-refractivity contribution in [2.75, 3.05) is 18.2 Å². The number of para-hydroxylation sites is 1. The second kappa shape index (κ2) is 8.79. The number of anilines is 1. The van der Waals surface area contributed by atoms with Crippen molar-refractivity contribution in [3.8, 4) is 5.75 Å². The van der Waals surface area contributed by atoms with Crippen molar-refractivity contribution in [1.29, 1.82) is 0 Å². The molecule has 0 fully saturated rings. The van der Waals surface area contributed by atoms with Crippen LogP contribution >= 0.6 is 23.1 Å². The lowest BCUT2D eigenvalue weighted by molar-refractivity contribution is 0.101. The Hall–Kier alpha value is -2.71. The van der Waals surface area contributed by atoms with Gasteiger partial charge in [-0.2, -0.15) is 0 Å². The standard InChI is InChI=1S/C19H17N3O3S2/c1-12-7-9-13(10-8-12)15(23)11-26-19-22-21-18(27-19)20-17(24)14-5-3-4-6-16(14)25-2/h3-10H,11H2,1-2H3,(H,20,21,24). The van der Waals surface area contributed by atoms with Crippen LogP contribution in [0.15, 0.2) is 52.9 Å². The number of Topliss-reactive ketones (excluding diaryl/α,β-unsaturated/α-hetero) is 1. The number of hydrogen-bond donors (Lipinski definition) is 1. The van der Waals surface area contributed by atoms with Crippen molar-refractivity contribution >= 4 is 39.9 Å².